The van der Waals surface area contributed by atoms with Gasteiger partial charge < -0.3 is 10.2 Å². The molecule has 2 N–H and O–H groups in total. The van der Waals surface area contributed by atoms with E-state index >= 15 is 0 Å². The van der Waals surface area contributed by atoms with E-state index in [0.29, 0.717) is 6.08 Å². The first-order valence-electron chi connectivity index (χ1n) is 2.66. The van der Waals surface area contributed by atoms with Crippen LogP contribution in [0.3, 0.4) is 0 Å². The van der Waals surface area contributed by atoms with E-state index in [1.807, 2.05) is 5.73 Å². The normalized spacial score (nSPS) is 8.00. The maximum Gasteiger partial charge on any atom is 0.424 e. The predicted molar refractivity (Wildman–Crippen MR) is 36.6 cm³/mol. The van der Waals surface area contributed by atoms with Crippen LogP contribution in [0.4, 0.5) is 9.59 Å². The molecule has 0 saturated heterocycles. The molecule has 0 saturated carbocycles. The van der Waals surface area contributed by atoms with Crippen LogP contribution in [0.2, 0.25) is 0 Å². The average molecular weight is 171 g/mol. The number of carbonyl (C=O) groups excluding carboxylic acids is 1. The van der Waals surface area contributed by atoms with Crippen molar-refractivity contribution < 1.29 is 24.6 Å². The largest absolute Gasteiger partial charge is 0.464 e. The number of hydrogen-bond acceptors (Lipinski definition) is 3. The average Bonchev–Trinajstić information content (AvgIpc) is 1.85. The monoisotopic (exact) mass is 171 g/mol. The zero-order valence-corrected chi connectivity index (χ0v) is 5.85. The highest BCUT2D eigenvalue weighted by atomic mass is 16.4. The van der Waals surface area contributed by atoms with E-state index in [4.69, 9.17) is 10.2 Å². The third-order valence-corrected chi connectivity index (χ3v) is 0.828. The highest BCUT2D eigenvalue weighted by Crippen LogP contribution is 1.92. The van der Waals surface area contributed by atoms with Crippen LogP contribution in [-0.2, 0) is 4.79 Å². The van der Waals surface area contributed by atoms with Gasteiger partial charge >= 0.3 is 12.2 Å². The van der Waals surface area contributed by atoms with Gasteiger partial charge in [0.05, 0.1) is 0 Å². The third-order valence-electron chi connectivity index (χ3n) is 0.828. The van der Waals surface area contributed by atoms with Crippen LogP contribution in [-0.4, -0.2) is 33.2 Å². The van der Waals surface area contributed by atoms with Gasteiger partial charge in [0, 0.05) is 6.08 Å². The molecule has 0 unspecified atom stereocenters. The van der Waals surface area contributed by atoms with Gasteiger partial charge in [-0.05, 0) is 0 Å². The van der Waals surface area contributed by atoms with Gasteiger partial charge in [0.1, 0.15) is 0 Å². The molecule has 0 heterocycles. The van der Waals surface area contributed by atoms with Crippen molar-refractivity contribution in [1.29, 1.82) is 0 Å². The van der Waals surface area contributed by atoms with Crippen LogP contribution in [0.15, 0.2) is 18.4 Å². The molecule has 0 atom stereocenters. The molecule has 6 nitrogen and oxygen atoms in total. The Balaban J connectivity index is 4.75. The van der Waals surface area contributed by atoms with Crippen LogP contribution in [0, 0.1) is 0 Å². The predicted octanol–water partition coefficient (Wildman–Crippen LogP) is 0.512. The molecule has 0 rings (SSSR count). The highest BCUT2D eigenvalue weighted by Gasteiger charge is 2.25. The molecule has 0 spiro atoms. The Morgan fingerprint density at radius 1 is 1.25 bits per heavy atom. The number of rotatable bonds is 1. The van der Waals surface area contributed by atoms with Crippen molar-refractivity contribution in [3.05, 3.63) is 18.4 Å². The first-order valence-corrected chi connectivity index (χ1v) is 2.66. The van der Waals surface area contributed by atoms with E-state index in [9.17, 15) is 14.4 Å². The molecule has 64 valence electrons. The maximum atomic E-state index is 10.6. The third kappa shape index (κ3) is 2.28. The fourth-order valence-corrected chi connectivity index (χ4v) is 0.422. The minimum atomic E-state index is -1.86. The number of amides is 3. The number of nitrogens with zero attached hydrogens (tertiary/aromatic N) is 1. The molecule has 3 amide bonds. The Morgan fingerprint density at radius 3 is 1.92 bits per heavy atom. The van der Waals surface area contributed by atoms with E-state index < -0.39 is 18.1 Å². The lowest BCUT2D eigenvalue weighted by Gasteiger charge is -2.06. The van der Waals surface area contributed by atoms with Crippen LogP contribution >= 0.6 is 0 Å². The SMILES string of the molecule is C=C=CC(=O)N(C(=O)O)C(=O)O. The Labute approximate surface area is 67.0 Å². The second kappa shape index (κ2) is 3.95. The van der Waals surface area contributed by atoms with Crippen molar-refractivity contribution in [2.75, 3.05) is 0 Å². The van der Waals surface area contributed by atoms with Crippen molar-refractivity contribution >= 4 is 18.1 Å². The number of imide groups is 3. The van der Waals surface area contributed by atoms with Gasteiger partial charge in [0.2, 0.25) is 0 Å². The zero-order valence-electron chi connectivity index (χ0n) is 5.85. The standard InChI is InChI=1S/C6H5NO5/c1-2-3-4(8)7(5(9)10)6(11)12/h3H,1H2,(H,9,10)(H,11,12). The minimum absolute atomic E-state index is 0.377. The Hall–Kier alpha value is -2.07. The van der Waals surface area contributed by atoms with Gasteiger partial charge in [-0.3, -0.25) is 4.79 Å². The molecule has 0 bridgehead atoms. The summed E-state index contributed by atoms with van der Waals surface area (Å²) in [6.45, 7) is 2.99. The molecule has 0 aromatic heterocycles. The molecule has 0 aliphatic carbocycles. The Bertz CT molecular complexity index is 262. The van der Waals surface area contributed by atoms with Crippen LogP contribution in [0.1, 0.15) is 0 Å². The fraction of sp³-hybridized carbons (Fsp3) is 0. The first kappa shape index (κ1) is 9.93. The van der Waals surface area contributed by atoms with E-state index in [2.05, 4.69) is 6.58 Å². The van der Waals surface area contributed by atoms with E-state index in [-0.39, 0.29) is 4.90 Å². The van der Waals surface area contributed by atoms with Gasteiger partial charge in [0.25, 0.3) is 5.91 Å². The van der Waals surface area contributed by atoms with E-state index in [1.165, 1.54) is 0 Å². The van der Waals surface area contributed by atoms with Gasteiger partial charge in [0.15, 0.2) is 0 Å². The number of carboxylic acid groups (broad SMARTS) is 2. The van der Waals surface area contributed by atoms with Gasteiger partial charge in [-0.2, -0.15) is 0 Å². The fourth-order valence-electron chi connectivity index (χ4n) is 0.422. The summed E-state index contributed by atoms with van der Waals surface area (Å²) >= 11 is 0. The lowest BCUT2D eigenvalue weighted by Crippen LogP contribution is -2.38. The summed E-state index contributed by atoms with van der Waals surface area (Å²) in [7, 11) is 0. The summed E-state index contributed by atoms with van der Waals surface area (Å²) in [5.74, 6) is -1.22. The second-order valence-corrected chi connectivity index (χ2v) is 1.59. The van der Waals surface area contributed by atoms with Crippen molar-refractivity contribution in [1.82, 2.24) is 4.90 Å². The van der Waals surface area contributed by atoms with E-state index in [1.54, 1.807) is 0 Å². The molecule has 12 heavy (non-hydrogen) atoms. The maximum absolute atomic E-state index is 10.6. The second-order valence-electron chi connectivity index (χ2n) is 1.59. The van der Waals surface area contributed by atoms with E-state index in [0.717, 1.165) is 0 Å². The molecule has 0 aromatic rings. The summed E-state index contributed by atoms with van der Waals surface area (Å²) < 4.78 is 0. The molecular weight excluding hydrogens is 166 g/mol. The van der Waals surface area contributed by atoms with Crippen molar-refractivity contribution in [3.63, 3.8) is 0 Å². The topological polar surface area (TPSA) is 94.9 Å². The van der Waals surface area contributed by atoms with Crippen LogP contribution < -0.4 is 0 Å². The first-order chi connectivity index (χ1) is 5.50. The smallest absolute Gasteiger partial charge is 0.424 e. The molecule has 0 radical (unpaired) electrons. The minimum Gasteiger partial charge on any atom is -0.464 e. The summed E-state index contributed by atoms with van der Waals surface area (Å²) in [6.07, 6.45) is -3.11. The van der Waals surface area contributed by atoms with Crippen molar-refractivity contribution in [2.45, 2.75) is 0 Å². The molecule has 0 aliphatic heterocycles. The summed E-state index contributed by atoms with van der Waals surface area (Å²) in [5.41, 5.74) is 1.96. The van der Waals surface area contributed by atoms with Gasteiger partial charge in [-0.15, -0.1) is 10.6 Å². The summed E-state index contributed by atoms with van der Waals surface area (Å²) in [6, 6.07) is 0. The molecule has 6 heteroatoms. The van der Waals surface area contributed by atoms with Crippen molar-refractivity contribution in [3.8, 4) is 0 Å². The van der Waals surface area contributed by atoms with Crippen molar-refractivity contribution in [2.24, 2.45) is 0 Å². The Morgan fingerprint density at radius 2 is 1.67 bits per heavy atom. The van der Waals surface area contributed by atoms with Gasteiger partial charge in [-0.1, -0.05) is 6.58 Å². The number of hydrogen-bond donors (Lipinski definition) is 2. The van der Waals surface area contributed by atoms with Crippen LogP contribution in [0.5, 0.6) is 0 Å². The zero-order chi connectivity index (χ0) is 9.72. The molecule has 0 aromatic carbocycles. The summed E-state index contributed by atoms with van der Waals surface area (Å²) in [4.78, 5) is 30.5. The molecule has 0 fully saturated rings. The quantitative estimate of drug-likeness (QED) is 0.442. The highest BCUT2D eigenvalue weighted by molar-refractivity contribution is 6.09. The Kier molecular flexibility index (Phi) is 3.27. The molecular formula is C6H5NO5. The lowest BCUT2D eigenvalue weighted by molar-refractivity contribution is -0.122. The van der Waals surface area contributed by atoms with Crippen LogP contribution in [0.25, 0.3) is 0 Å². The summed E-state index contributed by atoms with van der Waals surface area (Å²) in [5, 5.41) is 16.4. The number of carbonyl (C=O) groups is 3. The lowest BCUT2D eigenvalue weighted by atomic mass is 10.5. The van der Waals surface area contributed by atoms with Gasteiger partial charge in [-0.25, -0.2) is 9.59 Å². The molecule has 0 aliphatic rings.